The molecule has 196 valence electrons. The van der Waals surface area contributed by atoms with Crippen molar-refractivity contribution in [1.82, 2.24) is 0 Å². The standard InChI is InChI=1S/C29H34N2O4S2/c1-21(2)19-30(36(32,33)26-13-8-23(5)9-14-26)28-17-12-25(7)18-29(28)31(20-22(3)4)37(34,35)27-15-10-24(6)11-16-27/h8-18H,1,3,19-20H2,2,4-7H3. The van der Waals surface area contributed by atoms with Gasteiger partial charge in [-0.05, 0) is 76.6 Å². The molecule has 3 aromatic carbocycles. The molecule has 0 saturated heterocycles. The van der Waals surface area contributed by atoms with Crippen LogP contribution in [0.4, 0.5) is 11.4 Å². The third kappa shape index (κ3) is 6.32. The van der Waals surface area contributed by atoms with Gasteiger partial charge in [-0.3, -0.25) is 8.61 Å². The molecule has 3 rings (SSSR count). The van der Waals surface area contributed by atoms with Crippen LogP contribution in [0.2, 0.25) is 0 Å². The van der Waals surface area contributed by atoms with Crippen LogP contribution < -0.4 is 8.61 Å². The summed E-state index contributed by atoms with van der Waals surface area (Å²) in [5, 5.41) is 0. The first kappa shape index (κ1) is 28.2. The molecule has 0 N–H and O–H groups in total. The third-order valence-electron chi connectivity index (χ3n) is 5.71. The molecule has 0 aliphatic carbocycles. The molecule has 0 atom stereocenters. The van der Waals surface area contributed by atoms with Crippen LogP contribution in [0, 0.1) is 20.8 Å². The van der Waals surface area contributed by atoms with Gasteiger partial charge in [-0.1, -0.05) is 65.8 Å². The Balaban J connectivity index is 2.30. The summed E-state index contributed by atoms with van der Waals surface area (Å²) in [7, 11) is -8.10. The van der Waals surface area contributed by atoms with Crippen molar-refractivity contribution >= 4 is 31.4 Å². The topological polar surface area (TPSA) is 74.8 Å². The molecule has 8 heteroatoms. The van der Waals surface area contributed by atoms with E-state index in [-0.39, 0.29) is 34.3 Å². The van der Waals surface area contributed by atoms with Crippen LogP contribution >= 0.6 is 0 Å². The summed E-state index contributed by atoms with van der Waals surface area (Å²) >= 11 is 0. The van der Waals surface area contributed by atoms with E-state index >= 15 is 0 Å². The summed E-state index contributed by atoms with van der Waals surface area (Å²) in [4.78, 5) is 0.221. The Labute approximate surface area is 221 Å². The second-order valence-corrected chi connectivity index (χ2v) is 13.3. The van der Waals surface area contributed by atoms with Crippen molar-refractivity contribution in [3.63, 3.8) is 0 Å². The van der Waals surface area contributed by atoms with Gasteiger partial charge < -0.3 is 0 Å². The monoisotopic (exact) mass is 538 g/mol. The van der Waals surface area contributed by atoms with Crippen molar-refractivity contribution in [1.29, 1.82) is 0 Å². The first-order valence-electron chi connectivity index (χ1n) is 11.8. The lowest BCUT2D eigenvalue weighted by atomic mass is 10.1. The van der Waals surface area contributed by atoms with Gasteiger partial charge in [-0.25, -0.2) is 16.8 Å². The summed E-state index contributed by atoms with van der Waals surface area (Å²) in [5.41, 5.74) is 4.35. The highest BCUT2D eigenvalue weighted by molar-refractivity contribution is 7.93. The van der Waals surface area contributed by atoms with E-state index in [1.807, 2.05) is 20.8 Å². The number of hydrogen-bond acceptors (Lipinski definition) is 4. The van der Waals surface area contributed by atoms with E-state index in [0.717, 1.165) is 16.7 Å². The zero-order valence-corrected chi connectivity index (χ0v) is 23.7. The lowest BCUT2D eigenvalue weighted by Crippen LogP contribution is -2.37. The molecule has 6 nitrogen and oxygen atoms in total. The molecular formula is C29H34N2O4S2. The van der Waals surface area contributed by atoms with Gasteiger partial charge in [0.25, 0.3) is 20.0 Å². The second-order valence-electron chi connectivity index (χ2n) is 9.56. The van der Waals surface area contributed by atoms with Crippen LogP contribution in [0.5, 0.6) is 0 Å². The molecule has 3 aromatic rings. The van der Waals surface area contributed by atoms with Crippen molar-refractivity contribution < 1.29 is 16.8 Å². The highest BCUT2D eigenvalue weighted by atomic mass is 32.2. The van der Waals surface area contributed by atoms with Crippen LogP contribution in [0.3, 0.4) is 0 Å². The minimum absolute atomic E-state index is 0.0157. The van der Waals surface area contributed by atoms with Gasteiger partial charge in [0.15, 0.2) is 0 Å². The van der Waals surface area contributed by atoms with Crippen molar-refractivity contribution in [2.45, 2.75) is 44.4 Å². The van der Waals surface area contributed by atoms with Crippen molar-refractivity contribution in [3.8, 4) is 0 Å². The Morgan fingerprint density at radius 2 is 0.946 bits per heavy atom. The molecular weight excluding hydrogens is 504 g/mol. The van der Waals surface area contributed by atoms with Gasteiger partial charge >= 0.3 is 0 Å². The van der Waals surface area contributed by atoms with E-state index in [1.165, 1.54) is 8.61 Å². The summed E-state index contributed by atoms with van der Waals surface area (Å²) in [5.74, 6) is 0. The first-order valence-corrected chi connectivity index (χ1v) is 14.7. The second kappa shape index (κ2) is 10.9. The Bertz CT molecular complexity index is 1520. The average molecular weight is 539 g/mol. The molecule has 0 amide bonds. The number of aryl methyl sites for hydroxylation is 3. The van der Waals surface area contributed by atoms with Gasteiger partial charge in [0.05, 0.1) is 34.3 Å². The summed E-state index contributed by atoms with van der Waals surface area (Å²) in [6, 6.07) is 18.3. The van der Waals surface area contributed by atoms with Crippen LogP contribution in [0.1, 0.15) is 30.5 Å². The molecule has 0 bridgehead atoms. The fourth-order valence-electron chi connectivity index (χ4n) is 3.81. The zero-order valence-electron chi connectivity index (χ0n) is 22.0. The van der Waals surface area contributed by atoms with E-state index in [2.05, 4.69) is 13.2 Å². The smallest absolute Gasteiger partial charge is 0.260 e. The lowest BCUT2D eigenvalue weighted by molar-refractivity contribution is 0.589. The number of rotatable bonds is 10. The van der Waals surface area contributed by atoms with E-state index in [9.17, 15) is 16.8 Å². The Morgan fingerprint density at radius 3 is 1.32 bits per heavy atom. The highest BCUT2D eigenvalue weighted by Crippen LogP contribution is 2.38. The van der Waals surface area contributed by atoms with Crippen LogP contribution in [0.15, 0.2) is 101 Å². The fourth-order valence-corrected chi connectivity index (χ4v) is 6.88. The van der Waals surface area contributed by atoms with Crippen molar-refractivity contribution in [3.05, 3.63) is 108 Å². The van der Waals surface area contributed by atoms with Gasteiger partial charge in [-0.2, -0.15) is 0 Å². The highest BCUT2D eigenvalue weighted by Gasteiger charge is 2.32. The SMILES string of the molecule is C=C(C)CN(c1ccc(C)cc1N(CC(=C)C)S(=O)(=O)c1ccc(C)cc1)S(=O)(=O)c1ccc(C)cc1. The maximum atomic E-state index is 13.9. The van der Waals surface area contributed by atoms with Crippen molar-refractivity contribution in [2.24, 2.45) is 0 Å². The third-order valence-corrected chi connectivity index (χ3v) is 9.26. The molecule has 0 spiro atoms. The summed E-state index contributed by atoms with van der Waals surface area (Å²) in [6.45, 7) is 16.9. The van der Waals surface area contributed by atoms with Crippen LogP contribution in [0.25, 0.3) is 0 Å². The predicted molar refractivity (Wildman–Crippen MR) is 152 cm³/mol. The minimum Gasteiger partial charge on any atom is -0.260 e. The molecule has 0 aliphatic rings. The average Bonchev–Trinajstić information content (AvgIpc) is 2.81. The molecule has 37 heavy (non-hydrogen) atoms. The number of anilines is 2. The van der Waals surface area contributed by atoms with Crippen molar-refractivity contribution in [2.75, 3.05) is 21.7 Å². The van der Waals surface area contributed by atoms with Crippen LogP contribution in [-0.2, 0) is 20.0 Å². The molecule has 0 heterocycles. The Morgan fingerprint density at radius 1 is 0.595 bits per heavy atom. The number of nitrogens with zero attached hydrogens (tertiary/aromatic N) is 2. The maximum absolute atomic E-state index is 13.9. The fraction of sp³-hybridized carbons (Fsp3) is 0.241. The molecule has 0 aliphatic heterocycles. The molecule has 0 unspecified atom stereocenters. The van der Waals surface area contributed by atoms with E-state index in [4.69, 9.17) is 0 Å². The number of benzene rings is 3. The van der Waals surface area contributed by atoms with E-state index < -0.39 is 20.0 Å². The molecule has 0 radical (unpaired) electrons. The Hall–Kier alpha value is -3.36. The van der Waals surface area contributed by atoms with Gasteiger partial charge in [-0.15, -0.1) is 0 Å². The van der Waals surface area contributed by atoms with E-state index in [0.29, 0.717) is 11.1 Å². The summed E-state index contributed by atoms with van der Waals surface area (Å²) in [6.07, 6.45) is 0. The molecule has 0 saturated carbocycles. The maximum Gasteiger partial charge on any atom is 0.264 e. The van der Waals surface area contributed by atoms with Crippen LogP contribution in [-0.4, -0.2) is 29.9 Å². The zero-order chi connectivity index (χ0) is 27.5. The number of hydrogen-bond donors (Lipinski definition) is 0. The van der Waals surface area contributed by atoms with Gasteiger partial charge in [0.2, 0.25) is 0 Å². The minimum atomic E-state index is -4.05. The number of sulfonamides is 2. The lowest BCUT2D eigenvalue weighted by Gasteiger charge is -2.32. The molecule has 0 fully saturated rings. The largest absolute Gasteiger partial charge is 0.264 e. The Kier molecular flexibility index (Phi) is 8.35. The normalized spacial score (nSPS) is 11.7. The quantitative estimate of drug-likeness (QED) is 0.290. The summed E-state index contributed by atoms with van der Waals surface area (Å²) < 4.78 is 58.2. The predicted octanol–water partition coefficient (Wildman–Crippen LogP) is 6.15. The van der Waals surface area contributed by atoms with Gasteiger partial charge in [0, 0.05) is 0 Å². The molecule has 0 aromatic heterocycles. The van der Waals surface area contributed by atoms with Gasteiger partial charge in [0.1, 0.15) is 0 Å². The first-order chi connectivity index (χ1) is 17.2. The van der Waals surface area contributed by atoms with E-state index in [1.54, 1.807) is 80.6 Å².